The number of aliphatic hydroxyl groups is 1. The van der Waals surface area contributed by atoms with Gasteiger partial charge in [0.25, 0.3) is 0 Å². The number of nitrogens with zero attached hydrogens (tertiary/aromatic N) is 1. The molecule has 1 aromatic carbocycles. The molecule has 0 bridgehead atoms. The molecule has 0 saturated heterocycles. The van der Waals surface area contributed by atoms with Crippen molar-refractivity contribution in [3.63, 3.8) is 0 Å². The Morgan fingerprint density at radius 2 is 2.05 bits per heavy atom. The summed E-state index contributed by atoms with van der Waals surface area (Å²) in [5.74, 6) is -0.126. The van der Waals surface area contributed by atoms with Crippen LogP contribution in [0, 0.1) is 0 Å². The third-order valence-corrected chi connectivity index (χ3v) is 3.08. The molecule has 0 aromatic heterocycles. The lowest BCUT2D eigenvalue weighted by molar-refractivity contribution is -0.121. The second kappa shape index (κ2) is 8.52. The Morgan fingerprint density at radius 3 is 2.60 bits per heavy atom. The van der Waals surface area contributed by atoms with Gasteiger partial charge in [0.2, 0.25) is 5.91 Å². The zero-order valence-electron chi connectivity index (χ0n) is 12.0. The van der Waals surface area contributed by atoms with E-state index >= 15 is 0 Å². The van der Waals surface area contributed by atoms with Crippen LogP contribution in [-0.2, 0) is 9.53 Å². The van der Waals surface area contributed by atoms with Crippen LogP contribution in [-0.4, -0.2) is 55.4 Å². The van der Waals surface area contributed by atoms with E-state index in [-0.39, 0.29) is 18.6 Å². The van der Waals surface area contributed by atoms with E-state index in [1.165, 1.54) is 0 Å². The molecule has 0 aliphatic rings. The number of anilines is 2. The van der Waals surface area contributed by atoms with Gasteiger partial charge in [-0.15, -0.1) is 0 Å². The first-order chi connectivity index (χ1) is 9.58. The molecule has 0 fully saturated rings. The Kier molecular flexibility index (Phi) is 7.00. The minimum Gasteiger partial charge on any atom is -0.399 e. The van der Waals surface area contributed by atoms with Gasteiger partial charge in [-0.2, -0.15) is 0 Å². The second-order valence-corrected chi connectivity index (χ2v) is 4.54. The number of nitrogen functional groups attached to an aromatic ring is 1. The number of benzene rings is 1. The van der Waals surface area contributed by atoms with E-state index in [4.69, 9.17) is 15.6 Å². The molecule has 20 heavy (non-hydrogen) atoms. The van der Waals surface area contributed by atoms with Gasteiger partial charge >= 0.3 is 0 Å². The summed E-state index contributed by atoms with van der Waals surface area (Å²) in [5.41, 5.74) is 6.95. The first-order valence-electron chi connectivity index (χ1n) is 6.58. The van der Waals surface area contributed by atoms with E-state index < -0.39 is 0 Å². The summed E-state index contributed by atoms with van der Waals surface area (Å²) in [6.45, 7) is 3.34. The standard InChI is InChI=1S/C14H23N3O3/c1-11(17(7-9-18)8-10-20-2)14(19)16-13-5-3-12(15)4-6-13/h3-6,11,18H,7-10,15H2,1-2H3,(H,16,19). The maximum absolute atomic E-state index is 12.2. The van der Waals surface area contributed by atoms with Crippen LogP contribution >= 0.6 is 0 Å². The number of rotatable bonds is 8. The SMILES string of the molecule is COCCN(CCO)C(C)C(=O)Nc1ccc(N)cc1. The molecular weight excluding hydrogens is 258 g/mol. The highest BCUT2D eigenvalue weighted by atomic mass is 16.5. The number of carbonyl (C=O) groups excluding carboxylic acids is 1. The molecule has 6 heteroatoms. The van der Waals surface area contributed by atoms with Gasteiger partial charge in [-0.05, 0) is 31.2 Å². The lowest BCUT2D eigenvalue weighted by Crippen LogP contribution is -2.44. The number of carbonyl (C=O) groups is 1. The fraction of sp³-hybridized carbons (Fsp3) is 0.500. The predicted molar refractivity (Wildman–Crippen MR) is 79.5 cm³/mol. The molecule has 4 N–H and O–H groups in total. The van der Waals surface area contributed by atoms with Crippen LogP contribution in [0.25, 0.3) is 0 Å². The number of methoxy groups -OCH3 is 1. The highest BCUT2D eigenvalue weighted by Crippen LogP contribution is 2.11. The van der Waals surface area contributed by atoms with Crippen molar-refractivity contribution in [2.45, 2.75) is 13.0 Å². The molecule has 0 saturated carbocycles. The van der Waals surface area contributed by atoms with Gasteiger partial charge in [-0.25, -0.2) is 0 Å². The zero-order valence-corrected chi connectivity index (χ0v) is 12.0. The average Bonchev–Trinajstić information content (AvgIpc) is 2.45. The Hall–Kier alpha value is -1.63. The number of ether oxygens (including phenoxy) is 1. The van der Waals surface area contributed by atoms with E-state index in [9.17, 15) is 4.79 Å². The molecule has 0 aliphatic carbocycles. The van der Waals surface area contributed by atoms with Crippen molar-refractivity contribution in [3.05, 3.63) is 24.3 Å². The van der Waals surface area contributed by atoms with Crippen LogP contribution in [0.2, 0.25) is 0 Å². The highest BCUT2D eigenvalue weighted by Gasteiger charge is 2.20. The molecule has 6 nitrogen and oxygen atoms in total. The summed E-state index contributed by atoms with van der Waals surface area (Å²) < 4.78 is 5.01. The number of hydrogen-bond donors (Lipinski definition) is 3. The van der Waals surface area contributed by atoms with E-state index in [0.717, 1.165) is 0 Å². The molecule has 1 aromatic rings. The zero-order chi connectivity index (χ0) is 15.0. The molecule has 1 rings (SSSR count). The van der Waals surface area contributed by atoms with Crippen molar-refractivity contribution in [2.24, 2.45) is 0 Å². The van der Waals surface area contributed by atoms with Crippen LogP contribution in [0.3, 0.4) is 0 Å². The van der Waals surface area contributed by atoms with Crippen LogP contribution in [0.5, 0.6) is 0 Å². The molecule has 112 valence electrons. The summed E-state index contributed by atoms with van der Waals surface area (Å²) in [5, 5.41) is 11.9. The molecule has 0 spiro atoms. The Morgan fingerprint density at radius 1 is 1.40 bits per heavy atom. The molecule has 1 amide bonds. The fourth-order valence-electron chi connectivity index (χ4n) is 1.82. The third kappa shape index (κ3) is 5.16. The molecule has 0 radical (unpaired) electrons. The summed E-state index contributed by atoms with van der Waals surface area (Å²) in [6, 6.07) is 6.62. The van der Waals surface area contributed by atoms with Crippen LogP contribution in [0.15, 0.2) is 24.3 Å². The van der Waals surface area contributed by atoms with Crippen molar-refractivity contribution >= 4 is 17.3 Å². The van der Waals surface area contributed by atoms with Crippen LogP contribution in [0.1, 0.15) is 6.92 Å². The molecular formula is C14H23N3O3. The second-order valence-electron chi connectivity index (χ2n) is 4.54. The minimum absolute atomic E-state index is 0.00318. The quantitative estimate of drug-likeness (QED) is 0.605. The van der Waals surface area contributed by atoms with Crippen LogP contribution < -0.4 is 11.1 Å². The average molecular weight is 281 g/mol. The van der Waals surface area contributed by atoms with Gasteiger partial charge in [0.15, 0.2) is 0 Å². The van der Waals surface area contributed by atoms with E-state index in [2.05, 4.69) is 5.32 Å². The largest absolute Gasteiger partial charge is 0.399 e. The van der Waals surface area contributed by atoms with Gasteiger partial charge < -0.3 is 20.9 Å². The number of nitrogens with two attached hydrogens (primary N) is 1. The maximum atomic E-state index is 12.2. The predicted octanol–water partition coefficient (Wildman–Crippen LogP) is 0.537. The van der Waals surface area contributed by atoms with Crippen molar-refractivity contribution in [1.82, 2.24) is 4.90 Å². The van der Waals surface area contributed by atoms with Crippen molar-refractivity contribution in [3.8, 4) is 0 Å². The summed E-state index contributed by atoms with van der Waals surface area (Å²) in [4.78, 5) is 14.0. The van der Waals surface area contributed by atoms with E-state index in [0.29, 0.717) is 31.1 Å². The summed E-state index contributed by atoms with van der Waals surface area (Å²) in [6.07, 6.45) is 0. The molecule has 0 heterocycles. The van der Waals surface area contributed by atoms with E-state index in [1.54, 1.807) is 38.3 Å². The van der Waals surface area contributed by atoms with Crippen LogP contribution in [0.4, 0.5) is 11.4 Å². The first kappa shape index (κ1) is 16.4. The minimum atomic E-state index is -0.352. The Balaban J connectivity index is 2.60. The summed E-state index contributed by atoms with van der Waals surface area (Å²) >= 11 is 0. The van der Waals surface area contributed by atoms with Crippen molar-refractivity contribution in [2.75, 3.05) is 44.5 Å². The first-order valence-corrected chi connectivity index (χ1v) is 6.58. The van der Waals surface area contributed by atoms with Crippen molar-refractivity contribution in [1.29, 1.82) is 0 Å². The van der Waals surface area contributed by atoms with E-state index in [1.807, 2.05) is 4.90 Å². The smallest absolute Gasteiger partial charge is 0.241 e. The number of nitrogens with one attached hydrogen (secondary N) is 1. The number of aliphatic hydroxyl groups excluding tert-OH is 1. The normalized spacial score (nSPS) is 12.4. The highest BCUT2D eigenvalue weighted by molar-refractivity contribution is 5.94. The van der Waals surface area contributed by atoms with Gasteiger partial charge in [0, 0.05) is 31.6 Å². The van der Waals surface area contributed by atoms with Gasteiger partial charge in [0.1, 0.15) is 0 Å². The summed E-state index contributed by atoms with van der Waals surface area (Å²) in [7, 11) is 1.61. The maximum Gasteiger partial charge on any atom is 0.241 e. The molecule has 1 atom stereocenters. The molecule has 0 aliphatic heterocycles. The van der Waals surface area contributed by atoms with Crippen molar-refractivity contribution < 1.29 is 14.6 Å². The van der Waals surface area contributed by atoms with Gasteiger partial charge in [-0.3, -0.25) is 9.69 Å². The van der Waals surface area contributed by atoms with Gasteiger partial charge in [0.05, 0.1) is 19.3 Å². The number of hydrogen-bond acceptors (Lipinski definition) is 5. The lowest BCUT2D eigenvalue weighted by atomic mass is 10.2. The van der Waals surface area contributed by atoms with Gasteiger partial charge in [-0.1, -0.05) is 0 Å². The fourth-order valence-corrected chi connectivity index (χ4v) is 1.82. The number of amides is 1. The Bertz CT molecular complexity index is 409. The third-order valence-electron chi connectivity index (χ3n) is 3.08. The molecule has 1 unspecified atom stereocenters. The topological polar surface area (TPSA) is 87.8 Å². The lowest BCUT2D eigenvalue weighted by Gasteiger charge is -2.27. The monoisotopic (exact) mass is 281 g/mol. The Labute approximate surface area is 119 Å².